The number of aromatic amines is 1. The number of carbonyl (C=O) groups excluding carboxylic acids is 3. The van der Waals surface area contributed by atoms with Gasteiger partial charge in [-0.2, -0.15) is 0 Å². The van der Waals surface area contributed by atoms with Crippen LogP contribution in [0, 0.1) is 13.8 Å². The zero-order chi connectivity index (χ0) is 19.4. The van der Waals surface area contributed by atoms with Crippen LogP contribution in [0.3, 0.4) is 0 Å². The average Bonchev–Trinajstić information content (AvgIpc) is 2.89. The topological polar surface area (TPSA) is 106 Å². The zero-order valence-electron chi connectivity index (χ0n) is 14.5. The molecule has 7 nitrogen and oxygen atoms in total. The Hall–Kier alpha value is -2.61. The van der Waals surface area contributed by atoms with Crippen molar-refractivity contribution in [3.05, 3.63) is 50.8 Å². The fourth-order valence-corrected chi connectivity index (χ4v) is 2.85. The van der Waals surface area contributed by atoms with Crippen molar-refractivity contribution >= 4 is 33.7 Å². The number of benzene rings is 1. The van der Waals surface area contributed by atoms with Crippen LogP contribution in [0.25, 0.3) is 0 Å². The molecule has 0 aliphatic rings. The summed E-state index contributed by atoms with van der Waals surface area (Å²) in [7, 11) is 0. The lowest BCUT2D eigenvalue weighted by atomic mass is 10.1. The summed E-state index contributed by atoms with van der Waals surface area (Å²) in [5, 5.41) is 9.72. The third-order valence-corrected chi connectivity index (χ3v) is 4.20. The first-order valence-corrected chi connectivity index (χ1v) is 8.60. The van der Waals surface area contributed by atoms with Crippen LogP contribution in [-0.4, -0.2) is 41.0 Å². The van der Waals surface area contributed by atoms with Gasteiger partial charge in [-0.3, -0.25) is 4.79 Å². The van der Waals surface area contributed by atoms with Gasteiger partial charge in [-0.1, -0.05) is 15.9 Å². The standard InChI is InChI=1S/C18H18BrNO6/c1-4-25-18(24)15-9(2)16(20-10(15)3)14(22)8-26-17(23)12-7-11(19)5-6-13(12)21/h5-7,20-21H,4,8H2,1-3H3. The van der Waals surface area contributed by atoms with E-state index in [1.807, 2.05) is 0 Å². The number of H-pyrrole nitrogens is 1. The summed E-state index contributed by atoms with van der Waals surface area (Å²) in [6, 6.07) is 4.30. The first kappa shape index (κ1) is 19.7. The van der Waals surface area contributed by atoms with Gasteiger partial charge in [0.2, 0.25) is 5.78 Å². The van der Waals surface area contributed by atoms with E-state index in [1.165, 1.54) is 12.1 Å². The van der Waals surface area contributed by atoms with E-state index in [1.54, 1.807) is 26.8 Å². The number of carbonyl (C=O) groups is 3. The fourth-order valence-electron chi connectivity index (χ4n) is 2.49. The number of ether oxygens (including phenoxy) is 2. The van der Waals surface area contributed by atoms with Crippen molar-refractivity contribution in [1.29, 1.82) is 0 Å². The number of aryl methyl sites for hydroxylation is 1. The molecule has 0 aliphatic heterocycles. The van der Waals surface area contributed by atoms with Gasteiger partial charge in [0.05, 0.1) is 17.9 Å². The lowest BCUT2D eigenvalue weighted by Crippen LogP contribution is -2.16. The highest BCUT2D eigenvalue weighted by atomic mass is 79.9. The second-order valence-electron chi connectivity index (χ2n) is 5.51. The molecule has 0 spiro atoms. The maximum absolute atomic E-state index is 12.4. The number of esters is 2. The van der Waals surface area contributed by atoms with Crippen LogP contribution in [-0.2, 0) is 9.47 Å². The summed E-state index contributed by atoms with van der Waals surface area (Å²) in [6.45, 7) is 4.65. The molecule has 0 amide bonds. The fraction of sp³-hybridized carbons (Fsp3) is 0.278. The number of hydrogen-bond donors (Lipinski definition) is 2. The first-order chi connectivity index (χ1) is 12.3. The molecule has 1 aromatic heterocycles. The van der Waals surface area contributed by atoms with E-state index >= 15 is 0 Å². The van der Waals surface area contributed by atoms with Crippen LogP contribution in [0.2, 0.25) is 0 Å². The molecule has 2 rings (SSSR count). The molecular formula is C18H18BrNO6. The molecule has 26 heavy (non-hydrogen) atoms. The monoisotopic (exact) mass is 423 g/mol. The highest BCUT2D eigenvalue weighted by Gasteiger charge is 2.24. The SMILES string of the molecule is CCOC(=O)c1c(C)[nH]c(C(=O)COC(=O)c2cc(Br)ccc2O)c1C. The molecule has 0 saturated heterocycles. The highest BCUT2D eigenvalue weighted by Crippen LogP contribution is 2.23. The van der Waals surface area contributed by atoms with Crippen LogP contribution in [0.15, 0.2) is 22.7 Å². The summed E-state index contributed by atoms with van der Waals surface area (Å²) in [5.74, 6) is -2.09. The van der Waals surface area contributed by atoms with Gasteiger partial charge in [0.25, 0.3) is 0 Å². The maximum Gasteiger partial charge on any atom is 0.342 e. The Morgan fingerprint density at radius 2 is 1.85 bits per heavy atom. The molecule has 0 saturated carbocycles. The third-order valence-electron chi connectivity index (χ3n) is 3.71. The molecule has 1 heterocycles. The van der Waals surface area contributed by atoms with Gasteiger partial charge < -0.3 is 19.6 Å². The second-order valence-corrected chi connectivity index (χ2v) is 6.42. The van der Waals surface area contributed by atoms with E-state index in [-0.39, 0.29) is 23.6 Å². The summed E-state index contributed by atoms with van der Waals surface area (Å²) in [5.41, 5.74) is 1.36. The minimum absolute atomic E-state index is 0.0567. The van der Waals surface area contributed by atoms with Gasteiger partial charge >= 0.3 is 11.9 Å². The lowest BCUT2D eigenvalue weighted by molar-refractivity contribution is 0.0469. The van der Waals surface area contributed by atoms with Crippen molar-refractivity contribution in [3.63, 3.8) is 0 Å². The molecular weight excluding hydrogens is 406 g/mol. The van der Waals surface area contributed by atoms with Crippen molar-refractivity contribution in [2.45, 2.75) is 20.8 Å². The Labute approximate surface area is 158 Å². The van der Waals surface area contributed by atoms with Crippen LogP contribution in [0.4, 0.5) is 0 Å². The number of halogens is 1. The van der Waals surface area contributed by atoms with Crippen molar-refractivity contribution in [2.24, 2.45) is 0 Å². The first-order valence-electron chi connectivity index (χ1n) is 7.81. The number of phenolic OH excluding ortho intramolecular Hbond substituents is 1. The van der Waals surface area contributed by atoms with Gasteiger partial charge in [0.1, 0.15) is 11.3 Å². The van der Waals surface area contributed by atoms with Crippen molar-refractivity contribution in [2.75, 3.05) is 13.2 Å². The van der Waals surface area contributed by atoms with Crippen LogP contribution in [0.1, 0.15) is 49.4 Å². The van der Waals surface area contributed by atoms with E-state index in [9.17, 15) is 19.5 Å². The molecule has 138 valence electrons. The Balaban J connectivity index is 2.13. The summed E-state index contributed by atoms with van der Waals surface area (Å²) < 4.78 is 10.5. The van der Waals surface area contributed by atoms with E-state index in [2.05, 4.69) is 20.9 Å². The highest BCUT2D eigenvalue weighted by molar-refractivity contribution is 9.10. The van der Waals surface area contributed by atoms with Crippen LogP contribution >= 0.6 is 15.9 Å². The molecule has 2 N–H and O–H groups in total. The molecule has 0 aliphatic carbocycles. The van der Waals surface area contributed by atoms with E-state index in [0.29, 0.717) is 21.3 Å². The van der Waals surface area contributed by atoms with Crippen molar-refractivity contribution < 1.29 is 29.0 Å². The smallest absolute Gasteiger partial charge is 0.342 e. The van der Waals surface area contributed by atoms with E-state index in [4.69, 9.17) is 9.47 Å². The second kappa shape index (κ2) is 8.18. The molecule has 0 radical (unpaired) electrons. The molecule has 0 atom stereocenters. The Morgan fingerprint density at radius 3 is 2.50 bits per heavy atom. The largest absolute Gasteiger partial charge is 0.507 e. The van der Waals surface area contributed by atoms with Gasteiger partial charge in [0.15, 0.2) is 6.61 Å². The summed E-state index contributed by atoms with van der Waals surface area (Å²) in [6.07, 6.45) is 0. The number of rotatable bonds is 6. The van der Waals surface area contributed by atoms with Gasteiger partial charge in [-0.25, -0.2) is 9.59 Å². The maximum atomic E-state index is 12.4. The Bertz CT molecular complexity index is 871. The number of Topliss-reactive ketones (excluding diaryl/α,β-unsaturated/α-hetero) is 1. The molecule has 2 aromatic rings. The Kier molecular flexibility index (Phi) is 6.20. The molecule has 0 bridgehead atoms. The van der Waals surface area contributed by atoms with Crippen molar-refractivity contribution in [3.8, 4) is 5.75 Å². The number of aromatic hydroxyl groups is 1. The quantitative estimate of drug-likeness (QED) is 0.545. The van der Waals surface area contributed by atoms with E-state index < -0.39 is 24.3 Å². The Morgan fingerprint density at radius 1 is 1.15 bits per heavy atom. The summed E-state index contributed by atoms with van der Waals surface area (Å²) in [4.78, 5) is 39.2. The lowest BCUT2D eigenvalue weighted by Gasteiger charge is -2.06. The van der Waals surface area contributed by atoms with Gasteiger partial charge in [0, 0.05) is 10.2 Å². The summed E-state index contributed by atoms with van der Waals surface area (Å²) >= 11 is 3.19. The van der Waals surface area contributed by atoms with Gasteiger partial charge in [-0.05, 0) is 44.5 Å². The van der Waals surface area contributed by atoms with Crippen LogP contribution in [0.5, 0.6) is 5.75 Å². The predicted octanol–water partition coefficient (Wildman–Crippen LogP) is 3.32. The van der Waals surface area contributed by atoms with Gasteiger partial charge in [-0.15, -0.1) is 0 Å². The molecule has 1 aromatic carbocycles. The van der Waals surface area contributed by atoms with Crippen molar-refractivity contribution in [1.82, 2.24) is 4.98 Å². The molecule has 8 heteroatoms. The molecule has 0 fully saturated rings. The third kappa shape index (κ3) is 4.13. The minimum atomic E-state index is -0.830. The number of aromatic nitrogens is 1. The average molecular weight is 424 g/mol. The molecule has 0 unspecified atom stereocenters. The normalized spacial score (nSPS) is 10.5. The zero-order valence-corrected chi connectivity index (χ0v) is 16.1. The minimum Gasteiger partial charge on any atom is -0.507 e. The number of ketones is 1. The predicted molar refractivity (Wildman–Crippen MR) is 96.6 cm³/mol. The van der Waals surface area contributed by atoms with E-state index in [0.717, 1.165) is 0 Å². The number of phenols is 1. The number of hydrogen-bond acceptors (Lipinski definition) is 6. The number of nitrogens with one attached hydrogen (secondary N) is 1. The van der Waals surface area contributed by atoms with Crippen LogP contribution < -0.4 is 0 Å².